The Labute approximate surface area is 106 Å². The Hall–Kier alpha value is -0.800. The zero-order valence-corrected chi connectivity index (χ0v) is 10.7. The number of likely N-dealkylation sites (tertiary alicyclic amines) is 1. The van der Waals surface area contributed by atoms with Crippen molar-refractivity contribution in [3.05, 3.63) is 29.6 Å². The van der Waals surface area contributed by atoms with E-state index in [4.69, 9.17) is 16.3 Å². The molecule has 0 atom stereocenters. The first-order chi connectivity index (χ1) is 8.20. The van der Waals surface area contributed by atoms with Crippen molar-refractivity contribution in [2.45, 2.75) is 24.8 Å². The van der Waals surface area contributed by atoms with Crippen LogP contribution in [0.4, 0.5) is 4.39 Å². The highest BCUT2D eigenvalue weighted by Gasteiger charge is 2.18. The molecule has 0 N–H and O–H groups in total. The van der Waals surface area contributed by atoms with Crippen LogP contribution in [0.15, 0.2) is 18.2 Å². The van der Waals surface area contributed by atoms with Gasteiger partial charge in [-0.1, -0.05) is 12.1 Å². The summed E-state index contributed by atoms with van der Waals surface area (Å²) in [7, 11) is 1.49. The Bertz CT molecular complexity index is 378. The van der Waals surface area contributed by atoms with Gasteiger partial charge in [-0.2, -0.15) is 0 Å². The number of halogens is 2. The van der Waals surface area contributed by atoms with E-state index in [0.29, 0.717) is 17.9 Å². The average Bonchev–Trinajstić information content (AvgIpc) is 2.35. The van der Waals surface area contributed by atoms with Crippen molar-refractivity contribution < 1.29 is 9.13 Å². The van der Waals surface area contributed by atoms with Gasteiger partial charge in [-0.3, -0.25) is 4.90 Å². The van der Waals surface area contributed by atoms with E-state index in [0.717, 1.165) is 25.9 Å². The molecule has 0 saturated carbocycles. The molecule has 4 heteroatoms. The highest BCUT2D eigenvalue weighted by molar-refractivity contribution is 6.20. The van der Waals surface area contributed by atoms with E-state index in [1.165, 1.54) is 7.11 Å². The molecule has 2 nitrogen and oxygen atoms in total. The maximum absolute atomic E-state index is 13.9. The third-order valence-electron chi connectivity index (χ3n) is 3.17. The van der Waals surface area contributed by atoms with Gasteiger partial charge >= 0.3 is 0 Å². The van der Waals surface area contributed by atoms with Crippen LogP contribution >= 0.6 is 11.6 Å². The van der Waals surface area contributed by atoms with Crippen molar-refractivity contribution in [2.75, 3.05) is 20.2 Å². The molecule has 1 aliphatic rings. The molecule has 0 unspecified atom stereocenters. The number of hydrogen-bond acceptors (Lipinski definition) is 2. The highest BCUT2D eigenvalue weighted by atomic mass is 35.5. The molecule has 94 valence electrons. The summed E-state index contributed by atoms with van der Waals surface area (Å²) in [5.41, 5.74) is 0.692. The molecule has 17 heavy (non-hydrogen) atoms. The Morgan fingerprint density at radius 2 is 2.12 bits per heavy atom. The first-order valence-corrected chi connectivity index (χ1v) is 6.32. The van der Waals surface area contributed by atoms with Crippen LogP contribution in [0.2, 0.25) is 0 Å². The number of benzene rings is 1. The fourth-order valence-corrected chi connectivity index (χ4v) is 2.33. The van der Waals surface area contributed by atoms with Crippen LogP contribution in [0.25, 0.3) is 0 Å². The molecule has 0 amide bonds. The monoisotopic (exact) mass is 257 g/mol. The molecule has 0 spiro atoms. The SMILES string of the molecule is COc1cccc(CN2CCC(Cl)CC2)c1F. The third-order valence-corrected chi connectivity index (χ3v) is 3.61. The number of nitrogens with zero attached hydrogens (tertiary/aromatic N) is 1. The summed E-state index contributed by atoms with van der Waals surface area (Å²) >= 11 is 6.04. The van der Waals surface area contributed by atoms with E-state index < -0.39 is 0 Å². The Kier molecular flexibility index (Phi) is 4.24. The van der Waals surface area contributed by atoms with Gasteiger partial charge in [0.15, 0.2) is 11.6 Å². The van der Waals surface area contributed by atoms with Crippen molar-refractivity contribution in [1.29, 1.82) is 0 Å². The van der Waals surface area contributed by atoms with E-state index in [1.807, 2.05) is 12.1 Å². The van der Waals surface area contributed by atoms with Gasteiger partial charge in [0.25, 0.3) is 0 Å². The van der Waals surface area contributed by atoms with E-state index in [9.17, 15) is 4.39 Å². The zero-order chi connectivity index (χ0) is 12.3. The fraction of sp³-hybridized carbons (Fsp3) is 0.538. The summed E-state index contributed by atoms with van der Waals surface area (Å²) < 4.78 is 18.9. The van der Waals surface area contributed by atoms with E-state index in [2.05, 4.69) is 4.90 Å². The predicted octanol–water partition coefficient (Wildman–Crippen LogP) is 3.04. The molecule has 0 radical (unpaired) electrons. The summed E-state index contributed by atoms with van der Waals surface area (Å²) in [5, 5.41) is 0.279. The zero-order valence-electron chi connectivity index (χ0n) is 9.96. The minimum Gasteiger partial charge on any atom is -0.494 e. The quantitative estimate of drug-likeness (QED) is 0.772. The third kappa shape index (κ3) is 3.11. The van der Waals surface area contributed by atoms with Gasteiger partial charge in [-0.05, 0) is 32.0 Å². The molecular weight excluding hydrogens is 241 g/mol. The lowest BCUT2D eigenvalue weighted by Gasteiger charge is -2.29. The van der Waals surface area contributed by atoms with Gasteiger partial charge < -0.3 is 4.74 Å². The molecule has 0 aliphatic carbocycles. The van der Waals surface area contributed by atoms with Gasteiger partial charge in [0.05, 0.1) is 7.11 Å². The molecule has 1 aromatic rings. The first-order valence-electron chi connectivity index (χ1n) is 5.88. The Balaban J connectivity index is 2.03. The van der Waals surface area contributed by atoms with Crippen LogP contribution in [-0.4, -0.2) is 30.5 Å². The number of ether oxygens (including phenoxy) is 1. The maximum atomic E-state index is 13.9. The molecule has 0 bridgehead atoms. The number of rotatable bonds is 3. The lowest BCUT2D eigenvalue weighted by Crippen LogP contribution is -2.33. The second-order valence-electron chi connectivity index (χ2n) is 4.38. The van der Waals surface area contributed by atoms with Crippen LogP contribution in [0, 0.1) is 5.82 Å². The standard InChI is InChI=1S/C13H17ClFNO/c1-17-12-4-2-3-10(13(12)15)9-16-7-5-11(14)6-8-16/h2-4,11H,5-9H2,1H3. The van der Waals surface area contributed by atoms with Crippen LogP contribution in [0.1, 0.15) is 18.4 Å². The largest absolute Gasteiger partial charge is 0.494 e. The van der Waals surface area contributed by atoms with Crippen molar-refractivity contribution in [2.24, 2.45) is 0 Å². The summed E-state index contributed by atoms with van der Waals surface area (Å²) in [4.78, 5) is 2.23. The lowest BCUT2D eigenvalue weighted by atomic mass is 10.1. The average molecular weight is 258 g/mol. The van der Waals surface area contributed by atoms with Crippen molar-refractivity contribution in [3.8, 4) is 5.75 Å². The molecule has 1 aromatic carbocycles. The summed E-state index contributed by atoms with van der Waals surface area (Å²) in [6.45, 7) is 2.50. The van der Waals surface area contributed by atoms with E-state index >= 15 is 0 Å². The van der Waals surface area contributed by atoms with Gasteiger partial charge in [-0.25, -0.2) is 4.39 Å². The summed E-state index contributed by atoms with van der Waals surface area (Å²) in [5.74, 6) is 0.0673. The van der Waals surface area contributed by atoms with Crippen molar-refractivity contribution in [3.63, 3.8) is 0 Å². The number of piperidine rings is 1. The van der Waals surface area contributed by atoms with Crippen molar-refractivity contribution >= 4 is 11.6 Å². The molecule has 2 rings (SSSR count). The van der Waals surface area contributed by atoms with Gasteiger partial charge in [-0.15, -0.1) is 11.6 Å². The Morgan fingerprint density at radius 1 is 1.41 bits per heavy atom. The van der Waals surface area contributed by atoms with Gasteiger partial charge in [0.1, 0.15) is 0 Å². The fourth-order valence-electron chi connectivity index (χ4n) is 2.14. The molecule has 1 aliphatic heterocycles. The maximum Gasteiger partial charge on any atom is 0.169 e. The Morgan fingerprint density at radius 3 is 2.76 bits per heavy atom. The normalized spacial score (nSPS) is 18.3. The van der Waals surface area contributed by atoms with Crippen LogP contribution in [-0.2, 0) is 6.54 Å². The molecule has 1 heterocycles. The predicted molar refractivity (Wildman–Crippen MR) is 67.1 cm³/mol. The number of methoxy groups -OCH3 is 1. The molecule has 1 fully saturated rings. The molecular formula is C13H17ClFNO. The second-order valence-corrected chi connectivity index (χ2v) is 5.00. The van der Waals surface area contributed by atoms with Crippen LogP contribution < -0.4 is 4.74 Å². The minimum atomic E-state index is -0.247. The number of alkyl halides is 1. The van der Waals surface area contributed by atoms with Gasteiger partial charge in [0, 0.05) is 17.5 Å². The van der Waals surface area contributed by atoms with Crippen molar-refractivity contribution in [1.82, 2.24) is 4.90 Å². The molecule has 1 saturated heterocycles. The molecule has 0 aromatic heterocycles. The second kappa shape index (κ2) is 5.69. The van der Waals surface area contributed by atoms with E-state index in [1.54, 1.807) is 6.07 Å². The van der Waals surface area contributed by atoms with Crippen LogP contribution in [0.5, 0.6) is 5.75 Å². The number of hydrogen-bond donors (Lipinski definition) is 0. The van der Waals surface area contributed by atoms with Crippen LogP contribution in [0.3, 0.4) is 0 Å². The van der Waals surface area contributed by atoms with E-state index in [-0.39, 0.29) is 11.2 Å². The smallest absolute Gasteiger partial charge is 0.169 e. The summed E-state index contributed by atoms with van der Waals surface area (Å²) in [6, 6.07) is 5.28. The lowest BCUT2D eigenvalue weighted by molar-refractivity contribution is 0.220. The summed E-state index contributed by atoms with van der Waals surface area (Å²) in [6.07, 6.45) is 1.96. The first kappa shape index (κ1) is 12.7. The minimum absolute atomic E-state index is 0.247. The highest BCUT2D eigenvalue weighted by Crippen LogP contribution is 2.23. The topological polar surface area (TPSA) is 12.5 Å². The van der Waals surface area contributed by atoms with Gasteiger partial charge in [0.2, 0.25) is 0 Å².